The Morgan fingerprint density at radius 3 is 2.78 bits per heavy atom. The first kappa shape index (κ1) is 13.8. The van der Waals surface area contributed by atoms with E-state index < -0.39 is 0 Å². The smallest absolute Gasteiger partial charge is 0.273 e. The van der Waals surface area contributed by atoms with Gasteiger partial charge in [-0.2, -0.15) is 0 Å². The van der Waals surface area contributed by atoms with Crippen LogP contribution in [-0.2, 0) is 0 Å². The van der Waals surface area contributed by atoms with E-state index in [2.05, 4.69) is 20.9 Å². The van der Waals surface area contributed by atoms with Crippen LogP contribution in [0.4, 0.5) is 0 Å². The highest BCUT2D eigenvalue weighted by Crippen LogP contribution is 2.25. The second-order valence-corrected chi connectivity index (χ2v) is 6.18. The lowest BCUT2D eigenvalue weighted by molar-refractivity contribution is 0.0683. The molecule has 1 unspecified atom stereocenters. The van der Waals surface area contributed by atoms with Gasteiger partial charge in [0.2, 0.25) is 0 Å². The summed E-state index contributed by atoms with van der Waals surface area (Å²) in [4.78, 5) is 18.3. The number of nitrogens with zero attached hydrogens (tertiary/aromatic N) is 2. The number of carbonyl (C=O) groups excluding carboxylic acids is 1. The number of piperidine rings is 1. The van der Waals surface area contributed by atoms with Crippen LogP contribution in [0.2, 0.25) is 0 Å². The molecule has 1 aromatic heterocycles. The number of aromatic nitrogens is 1. The van der Waals surface area contributed by atoms with Crippen LogP contribution in [0.15, 0.2) is 22.8 Å². The predicted octanol–water partition coefficient (Wildman–Crippen LogP) is 3.32. The van der Waals surface area contributed by atoms with Crippen LogP contribution in [-0.4, -0.2) is 34.3 Å². The van der Waals surface area contributed by atoms with Gasteiger partial charge < -0.3 is 4.90 Å². The van der Waals surface area contributed by atoms with Crippen LogP contribution in [0.25, 0.3) is 0 Å². The lowest BCUT2D eigenvalue weighted by atomic mass is 9.94. The molecule has 2 rings (SSSR count). The Labute approximate surface area is 121 Å². The van der Waals surface area contributed by atoms with E-state index in [1.165, 1.54) is 0 Å². The number of hydrogen-bond acceptors (Lipinski definition) is 2. The zero-order valence-corrected chi connectivity index (χ0v) is 12.6. The van der Waals surface area contributed by atoms with Crippen molar-refractivity contribution in [3.8, 4) is 0 Å². The van der Waals surface area contributed by atoms with E-state index in [-0.39, 0.29) is 11.3 Å². The van der Waals surface area contributed by atoms with Crippen molar-refractivity contribution in [3.63, 3.8) is 0 Å². The van der Waals surface area contributed by atoms with Crippen molar-refractivity contribution in [1.29, 1.82) is 0 Å². The van der Waals surface area contributed by atoms with E-state index in [1.807, 2.05) is 24.0 Å². The fourth-order valence-corrected chi connectivity index (χ4v) is 2.93. The summed E-state index contributed by atoms with van der Waals surface area (Å²) in [6.45, 7) is 3.56. The van der Waals surface area contributed by atoms with Crippen molar-refractivity contribution in [2.24, 2.45) is 5.92 Å². The Morgan fingerprint density at radius 1 is 1.56 bits per heavy atom. The van der Waals surface area contributed by atoms with Crippen molar-refractivity contribution >= 4 is 33.4 Å². The molecule has 0 saturated carbocycles. The molecule has 5 heteroatoms. The molecule has 1 saturated heterocycles. The number of carbonyl (C=O) groups is 1. The molecule has 18 heavy (non-hydrogen) atoms. The molecule has 1 fully saturated rings. The summed E-state index contributed by atoms with van der Waals surface area (Å²) in [5, 5.41) is 0.184. The van der Waals surface area contributed by atoms with E-state index in [9.17, 15) is 4.79 Å². The van der Waals surface area contributed by atoms with Gasteiger partial charge in [-0.3, -0.25) is 4.79 Å². The van der Waals surface area contributed by atoms with Crippen molar-refractivity contribution in [2.75, 3.05) is 13.1 Å². The van der Waals surface area contributed by atoms with Gasteiger partial charge in [0.05, 0.1) is 0 Å². The number of alkyl halides is 1. The van der Waals surface area contributed by atoms with Crippen LogP contribution in [0.1, 0.15) is 30.3 Å². The molecule has 1 atom stereocenters. The molecule has 1 amide bonds. The van der Waals surface area contributed by atoms with Crippen molar-refractivity contribution < 1.29 is 4.79 Å². The van der Waals surface area contributed by atoms with Crippen LogP contribution in [0, 0.1) is 5.92 Å². The molecule has 3 nitrogen and oxygen atoms in total. The molecule has 0 aliphatic carbocycles. The first-order chi connectivity index (χ1) is 8.59. The minimum absolute atomic E-state index is 0.00292. The van der Waals surface area contributed by atoms with E-state index >= 15 is 0 Å². The summed E-state index contributed by atoms with van der Waals surface area (Å²) in [5.41, 5.74) is 0.495. The lowest BCUT2D eigenvalue weighted by Crippen LogP contribution is -2.40. The minimum Gasteiger partial charge on any atom is -0.337 e. The average molecular weight is 332 g/mol. The molecular formula is C13H16BrClN2O. The third kappa shape index (κ3) is 3.04. The third-order valence-electron chi connectivity index (χ3n) is 3.44. The third-order valence-corrected chi connectivity index (χ3v) is 4.43. The van der Waals surface area contributed by atoms with Crippen LogP contribution in [0.5, 0.6) is 0 Å². The molecule has 0 bridgehead atoms. The van der Waals surface area contributed by atoms with E-state index in [0.717, 1.165) is 30.4 Å². The number of hydrogen-bond donors (Lipinski definition) is 0. The van der Waals surface area contributed by atoms with Gasteiger partial charge in [-0.15, -0.1) is 11.6 Å². The molecule has 98 valence electrons. The van der Waals surface area contributed by atoms with Crippen LogP contribution >= 0.6 is 27.5 Å². The predicted molar refractivity (Wildman–Crippen MR) is 75.9 cm³/mol. The summed E-state index contributed by atoms with van der Waals surface area (Å²) in [7, 11) is 0. The van der Waals surface area contributed by atoms with Crippen molar-refractivity contribution in [1.82, 2.24) is 9.88 Å². The van der Waals surface area contributed by atoms with E-state index in [1.54, 1.807) is 6.20 Å². The largest absolute Gasteiger partial charge is 0.337 e. The molecule has 0 N–H and O–H groups in total. The standard InChI is InChI=1S/C13H16BrClN2O/c1-9(15)10-4-7-17(8-5-10)13(18)12-11(14)3-2-6-16-12/h2-3,6,9-10H,4-5,7-8H2,1H3. The molecule has 1 aromatic rings. The maximum Gasteiger partial charge on any atom is 0.273 e. The van der Waals surface area contributed by atoms with E-state index in [4.69, 9.17) is 11.6 Å². The Kier molecular flexibility index (Phi) is 4.62. The van der Waals surface area contributed by atoms with Crippen molar-refractivity contribution in [2.45, 2.75) is 25.1 Å². The second-order valence-electron chi connectivity index (χ2n) is 4.64. The molecular weight excluding hydrogens is 316 g/mol. The van der Waals surface area contributed by atoms with Gasteiger partial charge in [-0.25, -0.2) is 4.98 Å². The molecule has 0 spiro atoms. The fourth-order valence-electron chi connectivity index (χ4n) is 2.25. The lowest BCUT2D eigenvalue weighted by Gasteiger charge is -2.33. The first-order valence-electron chi connectivity index (χ1n) is 6.13. The number of rotatable bonds is 2. The summed E-state index contributed by atoms with van der Waals surface area (Å²) in [5.74, 6) is 0.519. The van der Waals surface area contributed by atoms with Gasteiger partial charge in [0, 0.05) is 29.1 Å². The van der Waals surface area contributed by atoms with Gasteiger partial charge in [0.15, 0.2) is 0 Å². The topological polar surface area (TPSA) is 33.2 Å². The summed E-state index contributed by atoms with van der Waals surface area (Å²) < 4.78 is 0.753. The van der Waals surface area contributed by atoms with Crippen molar-refractivity contribution in [3.05, 3.63) is 28.5 Å². The zero-order chi connectivity index (χ0) is 13.1. The highest BCUT2D eigenvalue weighted by Gasteiger charge is 2.27. The Bertz CT molecular complexity index is 431. The quantitative estimate of drug-likeness (QED) is 0.779. The van der Waals surface area contributed by atoms with Crippen LogP contribution in [0.3, 0.4) is 0 Å². The van der Waals surface area contributed by atoms with Gasteiger partial charge in [-0.1, -0.05) is 0 Å². The van der Waals surface area contributed by atoms with E-state index in [0.29, 0.717) is 11.6 Å². The normalized spacial score (nSPS) is 18.7. The SMILES string of the molecule is CC(Cl)C1CCN(C(=O)c2ncccc2Br)CC1. The summed E-state index contributed by atoms with van der Waals surface area (Å²) in [6.07, 6.45) is 3.59. The molecule has 0 radical (unpaired) electrons. The molecule has 1 aliphatic heterocycles. The molecule has 2 heterocycles. The van der Waals surface area contributed by atoms with Gasteiger partial charge in [-0.05, 0) is 53.7 Å². The van der Waals surface area contributed by atoms with Gasteiger partial charge in [0.1, 0.15) is 5.69 Å². The maximum atomic E-state index is 12.3. The van der Waals surface area contributed by atoms with Gasteiger partial charge in [0.25, 0.3) is 5.91 Å². The zero-order valence-electron chi connectivity index (χ0n) is 10.3. The minimum atomic E-state index is 0.00292. The monoisotopic (exact) mass is 330 g/mol. The highest BCUT2D eigenvalue weighted by atomic mass is 79.9. The first-order valence-corrected chi connectivity index (χ1v) is 7.36. The Morgan fingerprint density at radius 2 is 2.22 bits per heavy atom. The molecule has 0 aromatic carbocycles. The summed E-state index contributed by atoms with van der Waals surface area (Å²) >= 11 is 9.47. The number of amides is 1. The number of likely N-dealkylation sites (tertiary alicyclic amines) is 1. The molecule has 1 aliphatic rings. The summed E-state index contributed by atoms with van der Waals surface area (Å²) in [6, 6.07) is 3.65. The average Bonchev–Trinajstić information content (AvgIpc) is 2.38. The van der Waals surface area contributed by atoms with Gasteiger partial charge >= 0.3 is 0 Å². The Hall–Kier alpha value is -0.610. The highest BCUT2D eigenvalue weighted by molar-refractivity contribution is 9.10. The van der Waals surface area contributed by atoms with Crippen LogP contribution < -0.4 is 0 Å². The number of halogens is 2. The maximum absolute atomic E-state index is 12.3. The second kappa shape index (κ2) is 6.02. The number of pyridine rings is 1. The Balaban J connectivity index is 2.02. The fraction of sp³-hybridized carbons (Fsp3) is 0.538.